The molecule has 2 aliphatic rings. The van der Waals surface area contributed by atoms with Crippen molar-refractivity contribution < 1.29 is 14.7 Å². The zero-order chi connectivity index (χ0) is 15.6. The van der Waals surface area contributed by atoms with Crippen molar-refractivity contribution in [3.63, 3.8) is 0 Å². The highest BCUT2D eigenvalue weighted by molar-refractivity contribution is 7.10. The molecule has 1 aromatic heterocycles. The van der Waals surface area contributed by atoms with E-state index in [-0.39, 0.29) is 12.3 Å². The number of fused-ring (bicyclic) bond motifs is 1. The Balaban J connectivity index is 1.70. The molecule has 1 aliphatic carbocycles. The lowest BCUT2D eigenvalue weighted by Crippen LogP contribution is -2.41. The van der Waals surface area contributed by atoms with Crippen molar-refractivity contribution in [1.82, 2.24) is 4.90 Å². The summed E-state index contributed by atoms with van der Waals surface area (Å²) in [6, 6.07) is 2.08. The summed E-state index contributed by atoms with van der Waals surface area (Å²) in [4.78, 5) is 27.7. The Kier molecular flexibility index (Phi) is 4.52. The number of thiophene rings is 1. The lowest BCUT2D eigenvalue weighted by atomic mass is 9.77. The number of rotatable bonds is 3. The Labute approximate surface area is 135 Å². The molecule has 1 fully saturated rings. The van der Waals surface area contributed by atoms with Crippen molar-refractivity contribution in [3.05, 3.63) is 21.9 Å². The van der Waals surface area contributed by atoms with Crippen LogP contribution >= 0.6 is 11.3 Å². The average Bonchev–Trinajstić information content (AvgIpc) is 2.84. The maximum atomic E-state index is 12.7. The molecular formula is C17H23NO3S. The SMILES string of the molecule is O=C(CC1(C(=O)O)CCCCCC1)N1CCc2sccc2C1. The molecule has 1 amide bonds. The molecule has 1 aliphatic heterocycles. The van der Waals surface area contributed by atoms with Crippen LogP contribution in [0.15, 0.2) is 11.4 Å². The highest BCUT2D eigenvalue weighted by Gasteiger charge is 2.41. The van der Waals surface area contributed by atoms with Crippen LogP contribution in [0.5, 0.6) is 0 Å². The normalized spacial score (nSPS) is 21.0. The van der Waals surface area contributed by atoms with Crippen LogP contribution in [0.25, 0.3) is 0 Å². The van der Waals surface area contributed by atoms with Gasteiger partial charge in [0.2, 0.25) is 5.91 Å². The average molecular weight is 321 g/mol. The van der Waals surface area contributed by atoms with Crippen molar-refractivity contribution in [2.24, 2.45) is 5.41 Å². The van der Waals surface area contributed by atoms with Gasteiger partial charge < -0.3 is 10.0 Å². The van der Waals surface area contributed by atoms with E-state index in [0.29, 0.717) is 19.4 Å². The van der Waals surface area contributed by atoms with E-state index in [4.69, 9.17) is 0 Å². The van der Waals surface area contributed by atoms with Crippen LogP contribution in [-0.2, 0) is 22.6 Å². The standard InChI is InChI=1S/C17H23NO3S/c19-15(18-9-5-14-13(12-18)6-10-22-14)11-17(16(20)21)7-3-1-2-4-8-17/h6,10H,1-5,7-9,11-12H2,(H,20,21). The van der Waals surface area contributed by atoms with Gasteiger partial charge in [-0.15, -0.1) is 11.3 Å². The number of hydrogen-bond donors (Lipinski definition) is 1. The summed E-state index contributed by atoms with van der Waals surface area (Å²) in [7, 11) is 0. The van der Waals surface area contributed by atoms with Gasteiger partial charge in [-0.2, -0.15) is 0 Å². The molecule has 3 rings (SSSR count). The third-order valence-corrected chi connectivity index (χ3v) is 6.19. The van der Waals surface area contributed by atoms with Gasteiger partial charge in [-0.3, -0.25) is 9.59 Å². The van der Waals surface area contributed by atoms with Crippen LogP contribution in [0.1, 0.15) is 55.4 Å². The first-order valence-electron chi connectivity index (χ1n) is 8.17. The summed E-state index contributed by atoms with van der Waals surface area (Å²) < 4.78 is 0. The predicted molar refractivity (Wildman–Crippen MR) is 85.8 cm³/mol. The van der Waals surface area contributed by atoms with Crippen molar-refractivity contribution in [1.29, 1.82) is 0 Å². The molecule has 0 bridgehead atoms. The van der Waals surface area contributed by atoms with E-state index in [0.717, 1.165) is 38.6 Å². The monoisotopic (exact) mass is 321 g/mol. The maximum absolute atomic E-state index is 12.7. The quantitative estimate of drug-likeness (QED) is 0.868. The molecule has 2 heterocycles. The summed E-state index contributed by atoms with van der Waals surface area (Å²) in [6.07, 6.45) is 6.39. The van der Waals surface area contributed by atoms with Crippen molar-refractivity contribution in [3.8, 4) is 0 Å². The maximum Gasteiger partial charge on any atom is 0.310 e. The molecule has 0 radical (unpaired) electrons. The lowest BCUT2D eigenvalue weighted by molar-refractivity contribution is -0.155. The fourth-order valence-corrected chi connectivity index (χ4v) is 4.62. The second-order valence-electron chi connectivity index (χ2n) is 6.61. The molecular weight excluding hydrogens is 298 g/mol. The van der Waals surface area contributed by atoms with Gasteiger partial charge in [0.1, 0.15) is 0 Å². The smallest absolute Gasteiger partial charge is 0.310 e. The number of aliphatic carboxylic acids is 1. The summed E-state index contributed by atoms with van der Waals surface area (Å²) in [6.45, 7) is 1.37. The van der Waals surface area contributed by atoms with E-state index in [1.165, 1.54) is 10.4 Å². The molecule has 4 nitrogen and oxygen atoms in total. The molecule has 0 spiro atoms. The molecule has 0 unspecified atom stereocenters. The van der Waals surface area contributed by atoms with Gasteiger partial charge >= 0.3 is 5.97 Å². The van der Waals surface area contributed by atoms with Crippen LogP contribution in [0.4, 0.5) is 0 Å². The fourth-order valence-electron chi connectivity index (χ4n) is 3.73. The van der Waals surface area contributed by atoms with Crippen LogP contribution in [-0.4, -0.2) is 28.4 Å². The number of nitrogens with zero attached hydrogens (tertiary/aromatic N) is 1. The first kappa shape index (κ1) is 15.5. The third-order valence-electron chi connectivity index (χ3n) is 5.16. The van der Waals surface area contributed by atoms with Crippen LogP contribution in [0, 0.1) is 5.41 Å². The topological polar surface area (TPSA) is 57.6 Å². The predicted octanol–water partition coefficient (Wildman–Crippen LogP) is 3.45. The lowest BCUT2D eigenvalue weighted by Gasteiger charge is -2.32. The minimum absolute atomic E-state index is 0.0150. The van der Waals surface area contributed by atoms with Gasteiger partial charge in [0.25, 0.3) is 0 Å². The summed E-state index contributed by atoms with van der Waals surface area (Å²) in [5, 5.41) is 11.8. The fraction of sp³-hybridized carbons (Fsp3) is 0.647. The second kappa shape index (κ2) is 6.41. The zero-order valence-electron chi connectivity index (χ0n) is 12.8. The molecule has 0 saturated heterocycles. The van der Waals surface area contributed by atoms with Gasteiger partial charge in [-0.25, -0.2) is 0 Å². The van der Waals surface area contributed by atoms with Gasteiger partial charge in [-0.05, 0) is 36.3 Å². The number of carboxylic acids is 1. The molecule has 22 heavy (non-hydrogen) atoms. The number of amides is 1. The van der Waals surface area contributed by atoms with Gasteiger partial charge in [0.15, 0.2) is 0 Å². The van der Waals surface area contributed by atoms with Crippen LogP contribution in [0.2, 0.25) is 0 Å². The molecule has 1 aromatic rings. The van der Waals surface area contributed by atoms with E-state index in [1.807, 2.05) is 4.90 Å². The highest BCUT2D eigenvalue weighted by Crippen LogP contribution is 2.39. The molecule has 5 heteroatoms. The first-order valence-corrected chi connectivity index (χ1v) is 9.05. The van der Waals surface area contributed by atoms with Crippen molar-refractivity contribution >= 4 is 23.2 Å². The molecule has 1 N–H and O–H groups in total. The molecule has 120 valence electrons. The number of carbonyl (C=O) groups excluding carboxylic acids is 1. The summed E-state index contributed by atoms with van der Waals surface area (Å²) in [5.74, 6) is -0.767. The Morgan fingerprint density at radius 1 is 1.23 bits per heavy atom. The van der Waals surface area contributed by atoms with Crippen LogP contribution < -0.4 is 0 Å². The minimum Gasteiger partial charge on any atom is -0.481 e. The molecule has 0 atom stereocenters. The number of carbonyl (C=O) groups is 2. The van der Waals surface area contributed by atoms with Gasteiger partial charge in [-0.1, -0.05) is 25.7 Å². The first-order chi connectivity index (χ1) is 10.6. The van der Waals surface area contributed by atoms with E-state index in [2.05, 4.69) is 11.4 Å². The Bertz CT molecular complexity index is 558. The largest absolute Gasteiger partial charge is 0.481 e. The van der Waals surface area contributed by atoms with E-state index in [9.17, 15) is 14.7 Å². The molecule has 1 saturated carbocycles. The zero-order valence-corrected chi connectivity index (χ0v) is 13.7. The van der Waals surface area contributed by atoms with Crippen molar-refractivity contribution in [2.45, 2.75) is 57.9 Å². The Morgan fingerprint density at radius 2 is 1.95 bits per heavy atom. The Morgan fingerprint density at radius 3 is 2.64 bits per heavy atom. The van der Waals surface area contributed by atoms with E-state index < -0.39 is 11.4 Å². The van der Waals surface area contributed by atoms with Gasteiger partial charge in [0, 0.05) is 24.4 Å². The summed E-state index contributed by atoms with van der Waals surface area (Å²) in [5.41, 5.74) is 0.400. The van der Waals surface area contributed by atoms with E-state index >= 15 is 0 Å². The van der Waals surface area contributed by atoms with Crippen LogP contribution in [0.3, 0.4) is 0 Å². The van der Waals surface area contributed by atoms with E-state index in [1.54, 1.807) is 11.3 Å². The third kappa shape index (κ3) is 3.05. The molecule has 0 aromatic carbocycles. The Hall–Kier alpha value is -1.36. The minimum atomic E-state index is -0.831. The van der Waals surface area contributed by atoms with Gasteiger partial charge in [0.05, 0.1) is 5.41 Å². The summed E-state index contributed by atoms with van der Waals surface area (Å²) >= 11 is 1.75. The number of carboxylic acid groups (broad SMARTS) is 1. The van der Waals surface area contributed by atoms with Crippen molar-refractivity contribution in [2.75, 3.05) is 6.54 Å². The second-order valence-corrected chi connectivity index (χ2v) is 7.61. The number of hydrogen-bond acceptors (Lipinski definition) is 3. The highest BCUT2D eigenvalue weighted by atomic mass is 32.1.